The average molecular weight is 370 g/mol. The van der Waals surface area contributed by atoms with Crippen LogP contribution in [0.2, 0.25) is 0 Å². The van der Waals surface area contributed by atoms with Gasteiger partial charge in [-0.15, -0.1) is 23.7 Å². The van der Waals surface area contributed by atoms with E-state index >= 15 is 0 Å². The third-order valence-corrected chi connectivity index (χ3v) is 4.76. The first-order valence-electron chi connectivity index (χ1n) is 7.61. The molecule has 6 heteroatoms. The van der Waals surface area contributed by atoms with Crippen molar-refractivity contribution in [2.45, 2.75) is 6.92 Å². The molecule has 2 aromatic heterocycles. The van der Waals surface area contributed by atoms with E-state index in [1.807, 2.05) is 66.9 Å². The van der Waals surface area contributed by atoms with E-state index in [4.69, 9.17) is 0 Å². The number of anilines is 1. The van der Waals surface area contributed by atoms with E-state index in [9.17, 15) is 4.79 Å². The molecular formula is C19H16ClN3OS. The highest BCUT2D eigenvalue weighted by atomic mass is 35.5. The summed E-state index contributed by atoms with van der Waals surface area (Å²) in [6, 6.07) is 17.6. The van der Waals surface area contributed by atoms with Crippen molar-refractivity contribution in [2.24, 2.45) is 0 Å². The van der Waals surface area contributed by atoms with Gasteiger partial charge in [-0.25, -0.2) is 4.98 Å². The zero-order valence-corrected chi connectivity index (χ0v) is 15.1. The Hall–Kier alpha value is -2.63. The zero-order valence-electron chi connectivity index (χ0n) is 13.4. The van der Waals surface area contributed by atoms with E-state index in [2.05, 4.69) is 15.3 Å². The number of H-pyrrole nitrogens is 1. The van der Waals surface area contributed by atoms with Crippen molar-refractivity contribution in [3.8, 4) is 11.4 Å². The van der Waals surface area contributed by atoms with Gasteiger partial charge in [-0.1, -0.05) is 30.3 Å². The number of benzene rings is 2. The van der Waals surface area contributed by atoms with Crippen LogP contribution in [0.25, 0.3) is 22.4 Å². The molecule has 0 unspecified atom stereocenters. The lowest BCUT2D eigenvalue weighted by molar-refractivity contribution is 0.103. The number of carbonyl (C=O) groups excluding carboxylic acids is 1. The van der Waals surface area contributed by atoms with Gasteiger partial charge >= 0.3 is 0 Å². The predicted octanol–water partition coefficient (Wildman–Crippen LogP) is 5.27. The van der Waals surface area contributed by atoms with Crippen molar-refractivity contribution in [3.63, 3.8) is 0 Å². The normalized spacial score (nSPS) is 10.4. The zero-order chi connectivity index (χ0) is 16.5. The van der Waals surface area contributed by atoms with Gasteiger partial charge in [0.25, 0.3) is 5.91 Å². The summed E-state index contributed by atoms with van der Waals surface area (Å²) >= 11 is 1.43. The molecule has 2 N–H and O–H groups in total. The van der Waals surface area contributed by atoms with E-state index in [1.54, 1.807) is 0 Å². The number of halogens is 1. The summed E-state index contributed by atoms with van der Waals surface area (Å²) in [6.45, 7) is 1.98. The van der Waals surface area contributed by atoms with Crippen molar-refractivity contribution >= 4 is 46.4 Å². The van der Waals surface area contributed by atoms with Crippen LogP contribution in [0.1, 0.15) is 15.2 Å². The van der Waals surface area contributed by atoms with Crippen molar-refractivity contribution < 1.29 is 4.79 Å². The molecule has 0 fully saturated rings. The maximum absolute atomic E-state index is 12.3. The number of para-hydroxylation sites is 2. The van der Waals surface area contributed by atoms with Gasteiger partial charge in [0.1, 0.15) is 5.82 Å². The van der Waals surface area contributed by atoms with Crippen molar-refractivity contribution in [1.29, 1.82) is 0 Å². The molecule has 0 aliphatic heterocycles. The highest BCUT2D eigenvalue weighted by Crippen LogP contribution is 2.26. The quantitative estimate of drug-likeness (QED) is 0.516. The van der Waals surface area contributed by atoms with Crippen LogP contribution in [0, 0.1) is 6.92 Å². The molecule has 0 radical (unpaired) electrons. The highest BCUT2D eigenvalue weighted by molar-refractivity contribution is 7.12. The van der Waals surface area contributed by atoms with Gasteiger partial charge in [-0.05, 0) is 42.1 Å². The third kappa shape index (κ3) is 3.43. The van der Waals surface area contributed by atoms with Gasteiger partial charge in [-0.2, -0.15) is 0 Å². The second-order valence-corrected chi connectivity index (χ2v) is 6.51. The summed E-state index contributed by atoms with van der Waals surface area (Å²) in [5.74, 6) is 0.706. The Labute approximate surface area is 155 Å². The molecule has 0 bridgehead atoms. The number of hydrogen-bond acceptors (Lipinski definition) is 3. The average Bonchev–Trinajstić information content (AvgIpc) is 3.26. The molecule has 0 spiro atoms. The lowest BCUT2D eigenvalue weighted by Crippen LogP contribution is -2.11. The highest BCUT2D eigenvalue weighted by Gasteiger charge is 2.11. The Morgan fingerprint density at radius 1 is 1.12 bits per heavy atom. The van der Waals surface area contributed by atoms with Gasteiger partial charge in [0.2, 0.25) is 0 Å². The van der Waals surface area contributed by atoms with Crippen LogP contribution in [0.4, 0.5) is 5.69 Å². The summed E-state index contributed by atoms with van der Waals surface area (Å²) < 4.78 is 0. The number of aryl methyl sites for hydroxylation is 1. The number of rotatable bonds is 3. The number of aromatic nitrogens is 2. The lowest BCUT2D eigenvalue weighted by Gasteiger charge is -2.09. The van der Waals surface area contributed by atoms with Crippen LogP contribution in [0.15, 0.2) is 60.0 Å². The molecular weight excluding hydrogens is 354 g/mol. The van der Waals surface area contributed by atoms with Crippen molar-refractivity contribution in [3.05, 3.63) is 70.4 Å². The number of nitrogens with one attached hydrogen (secondary N) is 2. The van der Waals surface area contributed by atoms with Crippen molar-refractivity contribution in [2.75, 3.05) is 5.32 Å². The molecule has 0 saturated heterocycles. The molecule has 1 amide bonds. The van der Waals surface area contributed by atoms with Gasteiger partial charge in [0.05, 0.1) is 15.9 Å². The SMILES string of the molecule is Cc1ccc(-c2nc3ccccc3[nH]2)cc1NC(=O)c1cccs1.Cl. The Kier molecular flexibility index (Phi) is 4.88. The van der Waals surface area contributed by atoms with Crippen LogP contribution >= 0.6 is 23.7 Å². The number of aromatic amines is 1. The number of imidazole rings is 1. The minimum atomic E-state index is -0.0881. The van der Waals surface area contributed by atoms with Gasteiger partial charge < -0.3 is 10.3 Å². The first kappa shape index (κ1) is 17.2. The lowest BCUT2D eigenvalue weighted by atomic mass is 10.1. The number of nitrogens with zero attached hydrogens (tertiary/aromatic N) is 1. The van der Waals surface area contributed by atoms with Crippen LogP contribution < -0.4 is 5.32 Å². The molecule has 4 nitrogen and oxygen atoms in total. The Bertz CT molecular complexity index is 991. The molecule has 0 atom stereocenters. The predicted molar refractivity (Wildman–Crippen MR) is 106 cm³/mol. The van der Waals surface area contributed by atoms with Crippen LogP contribution in [-0.4, -0.2) is 15.9 Å². The monoisotopic (exact) mass is 369 g/mol. The maximum atomic E-state index is 12.3. The fourth-order valence-corrected chi connectivity index (χ4v) is 3.20. The topological polar surface area (TPSA) is 57.8 Å². The number of thiophene rings is 1. The first-order valence-corrected chi connectivity index (χ1v) is 8.49. The van der Waals surface area contributed by atoms with E-state index in [0.717, 1.165) is 33.7 Å². The fourth-order valence-electron chi connectivity index (χ4n) is 2.59. The molecule has 0 aliphatic rings. The van der Waals surface area contributed by atoms with E-state index in [1.165, 1.54) is 11.3 Å². The number of carbonyl (C=O) groups is 1. The van der Waals surface area contributed by atoms with Crippen LogP contribution in [0.3, 0.4) is 0 Å². The minimum Gasteiger partial charge on any atom is -0.338 e. The molecule has 0 aliphatic carbocycles. The molecule has 126 valence electrons. The molecule has 2 aromatic carbocycles. The largest absolute Gasteiger partial charge is 0.338 e. The molecule has 4 rings (SSSR count). The standard InChI is InChI=1S/C19H15N3OS.ClH/c1-12-8-9-13(18-20-14-5-2-3-6-15(14)21-18)11-16(12)22-19(23)17-7-4-10-24-17;/h2-11H,1H3,(H,20,21)(H,22,23);1H. The number of fused-ring (bicyclic) bond motifs is 1. The molecule has 4 aromatic rings. The molecule has 25 heavy (non-hydrogen) atoms. The number of hydrogen-bond donors (Lipinski definition) is 2. The van der Waals surface area contributed by atoms with Gasteiger partial charge in [0.15, 0.2) is 0 Å². The Balaban J connectivity index is 0.00000182. The summed E-state index contributed by atoms with van der Waals surface area (Å²) in [4.78, 5) is 20.9. The minimum absolute atomic E-state index is 0. The van der Waals surface area contributed by atoms with E-state index in [0.29, 0.717) is 4.88 Å². The Morgan fingerprint density at radius 3 is 2.72 bits per heavy atom. The third-order valence-electron chi connectivity index (χ3n) is 3.89. The van der Waals surface area contributed by atoms with Crippen LogP contribution in [0.5, 0.6) is 0 Å². The van der Waals surface area contributed by atoms with Gasteiger partial charge in [-0.3, -0.25) is 4.79 Å². The summed E-state index contributed by atoms with van der Waals surface area (Å²) in [7, 11) is 0. The Morgan fingerprint density at radius 2 is 1.96 bits per heavy atom. The number of amides is 1. The van der Waals surface area contributed by atoms with E-state index < -0.39 is 0 Å². The summed E-state index contributed by atoms with van der Waals surface area (Å²) in [6.07, 6.45) is 0. The van der Waals surface area contributed by atoms with Crippen LogP contribution in [-0.2, 0) is 0 Å². The van der Waals surface area contributed by atoms with E-state index in [-0.39, 0.29) is 18.3 Å². The maximum Gasteiger partial charge on any atom is 0.265 e. The summed E-state index contributed by atoms with van der Waals surface area (Å²) in [5.41, 5.74) is 4.68. The van der Waals surface area contributed by atoms with Crippen molar-refractivity contribution in [1.82, 2.24) is 9.97 Å². The first-order chi connectivity index (χ1) is 11.7. The van der Waals surface area contributed by atoms with Gasteiger partial charge in [0, 0.05) is 11.3 Å². The second kappa shape index (κ2) is 7.09. The fraction of sp³-hybridized carbons (Fsp3) is 0.0526. The molecule has 0 saturated carbocycles. The second-order valence-electron chi connectivity index (χ2n) is 5.56. The smallest absolute Gasteiger partial charge is 0.265 e. The summed E-state index contributed by atoms with van der Waals surface area (Å²) in [5, 5.41) is 4.88. The molecule has 2 heterocycles.